The van der Waals surface area contributed by atoms with Gasteiger partial charge in [-0.2, -0.15) is 15.1 Å². The summed E-state index contributed by atoms with van der Waals surface area (Å²) in [4.78, 5) is 27.5. The van der Waals surface area contributed by atoms with Crippen molar-refractivity contribution in [2.24, 2.45) is 0 Å². The monoisotopic (exact) mass is 589 g/mol. The Balaban J connectivity index is 1.39. The zero-order valence-corrected chi connectivity index (χ0v) is 21.8. The van der Waals surface area contributed by atoms with E-state index in [1.807, 2.05) is 0 Å². The van der Waals surface area contributed by atoms with Gasteiger partial charge in [-0.25, -0.2) is 9.07 Å². The number of hydrogen-bond acceptors (Lipinski definition) is 11. The largest absolute Gasteiger partial charge is 0.393 e. The smallest absolute Gasteiger partial charge is 0.361 e. The van der Waals surface area contributed by atoms with E-state index < -0.39 is 57.3 Å². The Morgan fingerprint density at radius 3 is 2.67 bits per heavy atom. The van der Waals surface area contributed by atoms with Crippen molar-refractivity contribution >= 4 is 36.0 Å². The molecule has 17 heteroatoms. The van der Waals surface area contributed by atoms with E-state index in [2.05, 4.69) is 20.4 Å². The topological polar surface area (TPSA) is 213 Å². The molecule has 0 radical (unpaired) electrons. The lowest BCUT2D eigenvalue weighted by Gasteiger charge is -2.31. The summed E-state index contributed by atoms with van der Waals surface area (Å²) in [7, 11) is -5.14. The number of aliphatic hydroxyl groups excluding tert-OH is 4. The van der Waals surface area contributed by atoms with E-state index in [0.717, 1.165) is 11.1 Å². The minimum Gasteiger partial charge on any atom is -0.393 e. The van der Waals surface area contributed by atoms with E-state index in [4.69, 9.17) is 21.1 Å². The standard InChI is InChI=1S/C22H26ClFN5O9P/c23-21-27-18(26-14-4-1-10-5-11(24)2-3-12(10)14)13-6-25-29(19(13)28-21)20-17(33)16(32)15(38-20)7-37-22(8-30,9-31)39(34,35)36/h2-3,5-6,14-17,20,30-33H,1,4,7-9H2,(H,26,27,28)(H2,34,35,36)/t14?,15-,16-,17-,20-/m1/s1. The third-order valence-electron chi connectivity index (χ3n) is 7.04. The van der Waals surface area contributed by atoms with Crippen LogP contribution in [0.4, 0.5) is 10.2 Å². The van der Waals surface area contributed by atoms with Crippen molar-refractivity contribution in [3.63, 3.8) is 0 Å². The fourth-order valence-corrected chi connectivity index (χ4v) is 5.59. The summed E-state index contributed by atoms with van der Waals surface area (Å²) in [6.07, 6.45) is -3.02. The molecule has 3 heterocycles. The predicted molar refractivity (Wildman–Crippen MR) is 132 cm³/mol. The summed E-state index contributed by atoms with van der Waals surface area (Å²) in [5, 5.41) is 45.3. The third-order valence-corrected chi connectivity index (χ3v) is 8.68. The Hall–Kier alpha value is -2.30. The first-order valence-corrected chi connectivity index (χ1v) is 13.9. The first kappa shape index (κ1) is 28.2. The zero-order chi connectivity index (χ0) is 28.1. The lowest BCUT2D eigenvalue weighted by Crippen LogP contribution is -2.44. The maximum absolute atomic E-state index is 13.6. The summed E-state index contributed by atoms with van der Waals surface area (Å²) in [6, 6.07) is 4.41. The van der Waals surface area contributed by atoms with Gasteiger partial charge in [-0.15, -0.1) is 0 Å². The first-order chi connectivity index (χ1) is 18.5. The molecule has 39 heavy (non-hydrogen) atoms. The molecular formula is C22H26ClFN5O9P. The van der Waals surface area contributed by atoms with Crippen LogP contribution in [0.2, 0.25) is 5.28 Å². The molecule has 2 aliphatic rings. The molecule has 5 atom stereocenters. The van der Waals surface area contributed by atoms with Gasteiger partial charge in [0.2, 0.25) is 10.6 Å². The van der Waals surface area contributed by atoms with E-state index in [1.54, 1.807) is 6.07 Å². The van der Waals surface area contributed by atoms with Gasteiger partial charge >= 0.3 is 7.60 Å². The minimum absolute atomic E-state index is 0.144. The van der Waals surface area contributed by atoms with Crippen molar-refractivity contribution < 1.29 is 48.6 Å². The van der Waals surface area contributed by atoms with Crippen LogP contribution in [0.1, 0.15) is 29.8 Å². The summed E-state index contributed by atoms with van der Waals surface area (Å²) in [6.45, 7) is -3.11. The molecule has 5 rings (SSSR count). The molecule has 2 aromatic heterocycles. The molecule has 0 spiro atoms. The summed E-state index contributed by atoms with van der Waals surface area (Å²) in [5.74, 6) is 0.0213. The van der Waals surface area contributed by atoms with Gasteiger partial charge < -0.3 is 45.0 Å². The normalized spacial score (nSPS) is 25.4. The van der Waals surface area contributed by atoms with Crippen LogP contribution in [-0.4, -0.2) is 93.4 Å². The van der Waals surface area contributed by atoms with Gasteiger partial charge in [0, 0.05) is 0 Å². The third kappa shape index (κ3) is 5.04. The maximum Gasteiger partial charge on any atom is 0.361 e. The Morgan fingerprint density at radius 2 is 1.97 bits per heavy atom. The molecule has 0 saturated carbocycles. The highest BCUT2D eigenvalue weighted by Gasteiger charge is 2.51. The molecule has 14 nitrogen and oxygen atoms in total. The van der Waals surface area contributed by atoms with Crippen molar-refractivity contribution in [2.75, 3.05) is 25.1 Å². The fraction of sp³-hybridized carbons (Fsp3) is 0.500. The SMILES string of the molecule is O=P(O)(O)C(CO)(CO)OC[C@H]1O[C@@H](n2ncc3c(NC4CCc5cc(F)ccc54)nc(Cl)nc32)[C@H](O)[C@@H]1O. The van der Waals surface area contributed by atoms with Crippen LogP contribution >= 0.6 is 19.2 Å². The van der Waals surface area contributed by atoms with E-state index in [9.17, 15) is 39.2 Å². The summed E-state index contributed by atoms with van der Waals surface area (Å²) >= 11 is 6.19. The number of nitrogens with zero attached hydrogens (tertiary/aromatic N) is 4. The van der Waals surface area contributed by atoms with Crippen LogP contribution in [0.15, 0.2) is 24.4 Å². The molecule has 1 fully saturated rings. The highest BCUT2D eigenvalue weighted by Crippen LogP contribution is 2.51. The lowest BCUT2D eigenvalue weighted by molar-refractivity contribution is -0.121. The summed E-state index contributed by atoms with van der Waals surface area (Å²) < 4.78 is 37.4. The molecule has 1 unspecified atom stereocenters. The highest BCUT2D eigenvalue weighted by molar-refractivity contribution is 7.53. The van der Waals surface area contributed by atoms with Crippen molar-refractivity contribution in [3.05, 3.63) is 46.6 Å². The van der Waals surface area contributed by atoms with Crippen LogP contribution in [0.25, 0.3) is 11.0 Å². The number of aryl methyl sites for hydroxylation is 1. The van der Waals surface area contributed by atoms with Crippen LogP contribution in [0.5, 0.6) is 0 Å². The highest BCUT2D eigenvalue weighted by atomic mass is 35.5. The summed E-state index contributed by atoms with van der Waals surface area (Å²) in [5.41, 5.74) is 1.96. The average molecular weight is 590 g/mol. The van der Waals surface area contributed by atoms with E-state index in [0.29, 0.717) is 24.0 Å². The Labute approximate surface area is 225 Å². The molecule has 3 aromatic rings. The van der Waals surface area contributed by atoms with Crippen molar-refractivity contribution in [1.82, 2.24) is 19.7 Å². The molecule has 1 aliphatic carbocycles. The number of anilines is 1. The van der Waals surface area contributed by atoms with Gasteiger partial charge in [-0.05, 0) is 47.7 Å². The Morgan fingerprint density at radius 1 is 1.23 bits per heavy atom. The Kier molecular flexibility index (Phi) is 7.67. The van der Waals surface area contributed by atoms with E-state index >= 15 is 0 Å². The second-order valence-electron chi connectivity index (χ2n) is 9.41. The van der Waals surface area contributed by atoms with Gasteiger partial charge in [-0.3, -0.25) is 4.57 Å². The number of nitrogens with one attached hydrogen (secondary N) is 1. The van der Waals surface area contributed by atoms with Gasteiger partial charge in [0.15, 0.2) is 11.9 Å². The molecule has 1 aliphatic heterocycles. The van der Waals surface area contributed by atoms with E-state index in [1.165, 1.54) is 23.0 Å². The van der Waals surface area contributed by atoms with Crippen LogP contribution in [0.3, 0.4) is 0 Å². The number of halogens is 2. The number of ether oxygens (including phenoxy) is 2. The first-order valence-electron chi connectivity index (χ1n) is 11.9. The number of fused-ring (bicyclic) bond motifs is 2. The minimum atomic E-state index is -5.14. The molecular weight excluding hydrogens is 564 g/mol. The number of aliphatic hydroxyl groups is 4. The van der Waals surface area contributed by atoms with Gasteiger partial charge in [0.1, 0.15) is 29.9 Å². The van der Waals surface area contributed by atoms with Gasteiger partial charge in [0.05, 0.1) is 37.4 Å². The second-order valence-corrected chi connectivity index (χ2v) is 11.7. The maximum atomic E-state index is 13.6. The molecule has 0 amide bonds. The van der Waals surface area contributed by atoms with Crippen molar-refractivity contribution in [2.45, 2.75) is 48.8 Å². The van der Waals surface area contributed by atoms with Crippen molar-refractivity contribution in [1.29, 1.82) is 0 Å². The lowest BCUT2D eigenvalue weighted by atomic mass is 10.1. The van der Waals surface area contributed by atoms with E-state index in [-0.39, 0.29) is 22.8 Å². The van der Waals surface area contributed by atoms with Gasteiger partial charge in [0.25, 0.3) is 0 Å². The van der Waals surface area contributed by atoms with Crippen LogP contribution < -0.4 is 5.32 Å². The van der Waals surface area contributed by atoms with Crippen molar-refractivity contribution in [3.8, 4) is 0 Å². The average Bonchev–Trinajstić information content (AvgIpc) is 3.56. The predicted octanol–water partition coefficient (Wildman–Crippen LogP) is 0.213. The zero-order valence-electron chi connectivity index (χ0n) is 20.1. The second kappa shape index (κ2) is 10.6. The van der Waals surface area contributed by atoms with Crippen LogP contribution in [0, 0.1) is 5.82 Å². The number of hydrogen-bond donors (Lipinski definition) is 7. The molecule has 212 valence electrons. The fourth-order valence-electron chi connectivity index (χ4n) is 4.81. The number of benzene rings is 1. The van der Waals surface area contributed by atoms with Crippen LogP contribution in [-0.2, 0) is 20.5 Å². The Bertz CT molecular complexity index is 1420. The number of aromatic nitrogens is 4. The molecule has 7 N–H and O–H groups in total. The molecule has 0 bridgehead atoms. The van der Waals surface area contributed by atoms with Gasteiger partial charge in [-0.1, -0.05) is 6.07 Å². The quantitative estimate of drug-likeness (QED) is 0.131. The molecule has 1 saturated heterocycles. The molecule has 1 aromatic carbocycles. The number of rotatable bonds is 9.